The molecule has 0 aromatic heterocycles. The molecule has 86 heavy (non-hydrogen) atoms. The average Bonchev–Trinajstić information content (AvgIpc) is 2.48. The molecule has 9 N–H and O–H groups in total. The lowest BCUT2D eigenvalue weighted by molar-refractivity contribution is -0.148. The van der Waals surface area contributed by atoms with Crippen LogP contribution in [0, 0.1) is 29.6 Å². The van der Waals surface area contributed by atoms with Gasteiger partial charge in [-0.3, -0.25) is 53.0 Å². The third-order valence-electron chi connectivity index (χ3n) is 17.6. The zero-order valence-corrected chi connectivity index (χ0v) is 52.3. The second kappa shape index (κ2) is 33.5. The summed E-state index contributed by atoms with van der Waals surface area (Å²) in [6, 6.07) is 1.37. The molecule has 25 heteroatoms. The highest BCUT2D eigenvalue weighted by Gasteiger charge is 2.49. The average molecular weight is 1210 g/mol. The van der Waals surface area contributed by atoms with Crippen LogP contribution in [-0.2, 0) is 63.8 Å². The van der Waals surface area contributed by atoms with Gasteiger partial charge in [-0.25, -0.2) is 4.79 Å². The van der Waals surface area contributed by atoms with E-state index in [0.29, 0.717) is 43.1 Å². The molecule has 9 unspecified atom stereocenters. The van der Waals surface area contributed by atoms with Gasteiger partial charge in [0.2, 0.25) is 41.4 Å². The number of benzene rings is 1. The number of imide groups is 1. The number of urea groups is 1. The smallest absolute Gasteiger partial charge is 0.312 e. The van der Waals surface area contributed by atoms with E-state index in [1.165, 1.54) is 14.2 Å². The van der Waals surface area contributed by atoms with E-state index in [2.05, 4.69) is 36.8 Å². The number of piperidine rings is 1. The number of nitrogens with zero attached hydrogens (tertiary/aromatic N) is 4. The largest absolute Gasteiger partial charge is 0.394 e. The van der Waals surface area contributed by atoms with Gasteiger partial charge in [-0.15, -0.1) is 0 Å². The Balaban J connectivity index is 1.18. The lowest BCUT2D eigenvalue weighted by Gasteiger charge is -2.41. The molecule has 0 spiro atoms. The lowest BCUT2D eigenvalue weighted by atomic mass is 9.89. The van der Waals surface area contributed by atoms with Crippen LogP contribution < -0.4 is 37.6 Å². The van der Waals surface area contributed by atoms with Crippen molar-refractivity contribution in [1.82, 2.24) is 46.2 Å². The second-order valence-electron chi connectivity index (χ2n) is 24.2. The van der Waals surface area contributed by atoms with E-state index in [1.807, 2.05) is 34.7 Å². The Morgan fingerprint density at radius 3 is 2.15 bits per heavy atom. The van der Waals surface area contributed by atoms with Gasteiger partial charge in [0.1, 0.15) is 18.1 Å². The fourth-order valence-corrected chi connectivity index (χ4v) is 12.6. The topological polar surface area (TPSA) is 330 Å². The summed E-state index contributed by atoms with van der Waals surface area (Å²) < 4.78 is 17.6. The Morgan fingerprint density at radius 1 is 0.849 bits per heavy atom. The number of aliphatic hydroxyl groups is 1. The number of methoxy groups -OCH3 is 2. The van der Waals surface area contributed by atoms with E-state index in [-0.39, 0.29) is 99.9 Å². The molecule has 3 heterocycles. The van der Waals surface area contributed by atoms with E-state index in [0.717, 1.165) is 36.3 Å². The minimum Gasteiger partial charge on any atom is -0.394 e. The number of likely N-dealkylation sites (tertiary alicyclic amines) is 2. The summed E-state index contributed by atoms with van der Waals surface area (Å²) in [5.74, 6) is -4.85. The SMILES string of the molecule is CCC(C)C(C(CC(=O)N1CCC[C@H]1C(OC)C(C)C(=O)NC(CO)Cc1cccc(NC(=O)C(CCCNC(N)=O)NC(=O)C(NC(=O)CCOCCN2C(=O)C=CC2=O)C(C)C)c1)OC)N(C)C(=O)C(NC(=O)[C@@H]1[C@H]2CC[C@H](C2)N1C)C(C)C. The third kappa shape index (κ3) is 19.0. The lowest BCUT2D eigenvalue weighted by Crippen LogP contribution is -2.60. The number of hydrogen-bond acceptors (Lipinski definition) is 15. The summed E-state index contributed by atoms with van der Waals surface area (Å²) in [7, 11) is 6.74. The van der Waals surface area contributed by atoms with Crippen LogP contribution in [-0.4, -0.2) is 212 Å². The Labute approximate surface area is 506 Å². The molecule has 3 aliphatic heterocycles. The standard InChI is InChI=1S/C61H97N11O14/c1-12-37(6)53(70(9)60(82)52(36(4)5)68-59(81)54-40-20-21-43(32-40)69(54)8)46(84-10)33-50(77)71-26-15-19-45(71)55(85-11)38(7)56(78)65-42(34-73)31-39-16-13-17-41(30-39)64-57(79)44(18-14-25-63-61(62)83)66-58(80)51(35(2)3)67-47(74)24-28-86-29-27-72-48(75)22-23-49(72)76/h13,16-17,22-23,30,35-38,40,42-46,51-55,73H,12,14-15,18-21,24-29,31-34H2,1-11H3,(H,64,79)(H,65,78)(H,66,80)(H,67,74)(H,68,81)(H3,62,63,83)/t37?,38?,40-,42?,43+,44?,45-,46?,51?,52?,53?,54-,55?/m0/s1. The van der Waals surface area contributed by atoms with Gasteiger partial charge in [0.15, 0.2) is 0 Å². The Kier molecular flexibility index (Phi) is 27.4. The first-order chi connectivity index (χ1) is 40.8. The molecule has 5 rings (SSSR count). The number of nitrogens with two attached hydrogens (primary N) is 1. The summed E-state index contributed by atoms with van der Waals surface area (Å²) in [6.45, 7) is 13.1. The van der Waals surface area contributed by atoms with Crippen molar-refractivity contribution < 1.29 is 67.3 Å². The van der Waals surface area contributed by atoms with Crippen molar-refractivity contribution >= 4 is 64.9 Å². The van der Waals surface area contributed by atoms with Crippen molar-refractivity contribution in [1.29, 1.82) is 0 Å². The summed E-state index contributed by atoms with van der Waals surface area (Å²) in [5, 5.41) is 27.4. The molecule has 480 valence electrons. The van der Waals surface area contributed by atoms with Crippen LogP contribution in [0.25, 0.3) is 0 Å². The molecule has 13 atom stereocenters. The molecule has 0 radical (unpaired) electrons. The van der Waals surface area contributed by atoms with Crippen LogP contribution in [0.2, 0.25) is 0 Å². The number of amides is 11. The molecule has 11 amide bonds. The van der Waals surface area contributed by atoms with E-state index in [4.69, 9.17) is 19.9 Å². The van der Waals surface area contributed by atoms with Crippen molar-refractivity contribution in [2.45, 2.75) is 180 Å². The van der Waals surface area contributed by atoms with Gasteiger partial charge in [0.05, 0.1) is 75.1 Å². The fraction of sp³-hybridized carbons (Fsp3) is 0.705. The monoisotopic (exact) mass is 1210 g/mol. The van der Waals surface area contributed by atoms with Gasteiger partial charge < -0.3 is 66.8 Å². The number of rotatable bonds is 35. The number of likely N-dealkylation sites (N-methyl/N-ethyl adjacent to an activating group) is 2. The van der Waals surface area contributed by atoms with Gasteiger partial charge in [-0.05, 0) is 99.8 Å². The van der Waals surface area contributed by atoms with Crippen LogP contribution in [0.4, 0.5) is 10.5 Å². The second-order valence-corrected chi connectivity index (χ2v) is 24.2. The molecule has 2 bridgehead atoms. The number of carbonyl (C=O) groups is 10. The summed E-state index contributed by atoms with van der Waals surface area (Å²) in [6.07, 6.45) is 6.17. The predicted molar refractivity (Wildman–Crippen MR) is 320 cm³/mol. The number of fused-ring (bicyclic) bond motifs is 2. The minimum absolute atomic E-state index is 0.0113. The van der Waals surface area contributed by atoms with E-state index in [9.17, 15) is 53.1 Å². The first-order valence-electron chi connectivity index (χ1n) is 30.5. The number of nitrogens with one attached hydrogen (secondary N) is 6. The number of anilines is 1. The Morgan fingerprint density at radius 2 is 1.55 bits per heavy atom. The molecular formula is C61H97N11O14. The summed E-state index contributed by atoms with van der Waals surface area (Å²) in [4.78, 5) is 139. The van der Waals surface area contributed by atoms with Gasteiger partial charge >= 0.3 is 6.03 Å². The number of aliphatic hydroxyl groups excluding tert-OH is 1. The summed E-state index contributed by atoms with van der Waals surface area (Å²) >= 11 is 0. The van der Waals surface area contributed by atoms with Gasteiger partial charge in [-0.1, -0.05) is 67.0 Å². The zero-order valence-electron chi connectivity index (χ0n) is 52.3. The van der Waals surface area contributed by atoms with E-state index >= 15 is 0 Å². The third-order valence-corrected chi connectivity index (χ3v) is 17.6. The van der Waals surface area contributed by atoms with E-state index < -0.39 is 108 Å². The molecular weight excluding hydrogens is 1110 g/mol. The first-order valence-corrected chi connectivity index (χ1v) is 30.5. The number of ether oxygens (including phenoxy) is 3. The van der Waals surface area contributed by atoms with Crippen LogP contribution >= 0.6 is 0 Å². The van der Waals surface area contributed by atoms with Crippen LogP contribution in [0.5, 0.6) is 0 Å². The normalized spacial score (nSPS) is 21.5. The molecule has 1 aromatic rings. The van der Waals surface area contributed by atoms with Crippen molar-refractivity contribution in [3.63, 3.8) is 0 Å². The Hall–Kier alpha value is -6.54. The highest BCUT2D eigenvalue weighted by molar-refractivity contribution is 6.12. The number of primary amides is 1. The highest BCUT2D eigenvalue weighted by atomic mass is 16.5. The minimum atomic E-state index is -1.14. The maximum atomic E-state index is 14.5. The molecule has 25 nitrogen and oxygen atoms in total. The number of hydrogen-bond donors (Lipinski definition) is 8. The highest BCUT2D eigenvalue weighted by Crippen LogP contribution is 2.41. The fourth-order valence-electron chi connectivity index (χ4n) is 12.6. The molecule has 1 aromatic carbocycles. The molecule has 1 aliphatic carbocycles. The van der Waals surface area contributed by atoms with Crippen molar-refractivity contribution in [2.24, 2.45) is 35.3 Å². The van der Waals surface area contributed by atoms with Gasteiger partial charge in [0, 0.05) is 64.7 Å². The maximum absolute atomic E-state index is 14.5. The molecule has 2 saturated heterocycles. The van der Waals surface area contributed by atoms with Crippen molar-refractivity contribution in [3.8, 4) is 0 Å². The predicted octanol–water partition coefficient (Wildman–Crippen LogP) is 1.59. The van der Waals surface area contributed by atoms with Crippen molar-refractivity contribution in [2.75, 3.05) is 73.1 Å². The van der Waals surface area contributed by atoms with Gasteiger partial charge in [-0.2, -0.15) is 0 Å². The zero-order chi connectivity index (χ0) is 63.5. The molecule has 4 aliphatic rings. The quantitative estimate of drug-likeness (QED) is 0.0354. The molecule has 3 fully saturated rings. The van der Waals surface area contributed by atoms with Crippen molar-refractivity contribution in [3.05, 3.63) is 42.0 Å². The van der Waals surface area contributed by atoms with Crippen LogP contribution in [0.15, 0.2) is 36.4 Å². The molecule has 1 saturated carbocycles. The Bertz CT molecular complexity index is 2530. The first kappa shape index (κ1) is 70.2. The number of carbonyl (C=O) groups excluding carboxylic acids is 10. The van der Waals surface area contributed by atoms with E-state index in [1.54, 1.807) is 61.9 Å². The summed E-state index contributed by atoms with van der Waals surface area (Å²) in [5.41, 5.74) is 6.24. The van der Waals surface area contributed by atoms with Crippen LogP contribution in [0.3, 0.4) is 0 Å². The van der Waals surface area contributed by atoms with Crippen LogP contribution in [0.1, 0.15) is 118 Å². The van der Waals surface area contributed by atoms with Gasteiger partial charge in [0.25, 0.3) is 11.8 Å². The maximum Gasteiger partial charge on any atom is 0.312 e.